The van der Waals surface area contributed by atoms with Crippen LogP contribution in [0.1, 0.15) is 43.4 Å². The molecule has 37 heavy (non-hydrogen) atoms. The molecular weight excluding hydrogens is 458 g/mol. The first-order valence-electron chi connectivity index (χ1n) is 13.3. The monoisotopic (exact) mass is 489 g/mol. The van der Waals surface area contributed by atoms with E-state index in [9.17, 15) is 14.4 Å². The van der Waals surface area contributed by atoms with Gasteiger partial charge in [0.25, 0.3) is 0 Å². The third-order valence-electron chi connectivity index (χ3n) is 9.12. The maximum Gasteiger partial charge on any atom is 0.234 e. The van der Waals surface area contributed by atoms with Gasteiger partial charge in [-0.2, -0.15) is 0 Å². The van der Waals surface area contributed by atoms with Gasteiger partial charge in [0.05, 0.1) is 22.7 Å². The van der Waals surface area contributed by atoms with Crippen molar-refractivity contribution in [3.63, 3.8) is 0 Å². The lowest BCUT2D eigenvalue weighted by molar-refractivity contribution is -0.145. The van der Waals surface area contributed by atoms with E-state index in [1.54, 1.807) is 0 Å². The highest BCUT2D eigenvalue weighted by atomic mass is 16.2. The fourth-order valence-electron chi connectivity index (χ4n) is 7.62. The van der Waals surface area contributed by atoms with Gasteiger partial charge in [0.15, 0.2) is 5.78 Å². The first kappa shape index (κ1) is 23.6. The molecule has 1 saturated heterocycles. The molecule has 0 N–H and O–H groups in total. The predicted molar refractivity (Wildman–Crippen MR) is 144 cm³/mol. The van der Waals surface area contributed by atoms with E-state index in [-0.39, 0.29) is 17.6 Å². The molecule has 3 aliphatic rings. The molecule has 4 heteroatoms. The highest BCUT2D eigenvalue weighted by molar-refractivity contribution is 6.29. The molecule has 2 amide bonds. The number of likely N-dealkylation sites (tertiary alicyclic amines) is 1. The van der Waals surface area contributed by atoms with E-state index in [0.29, 0.717) is 25.8 Å². The molecule has 2 bridgehead atoms. The summed E-state index contributed by atoms with van der Waals surface area (Å²) in [6, 6.07) is 29.9. The number of nitrogens with zero attached hydrogens (tertiary/aromatic N) is 1. The van der Waals surface area contributed by atoms with E-state index in [1.807, 2.05) is 105 Å². The third kappa shape index (κ3) is 2.99. The quantitative estimate of drug-likeness (QED) is 0.393. The Hall–Kier alpha value is -3.79. The SMILES string of the molecule is CC[C@]12C(=O)[C@](CC)(C(c3ccccc3)=C1c1ccccc1)[C@H]1C(=O)N(CCc3ccccc3)C(=O)[C@@H]12. The van der Waals surface area contributed by atoms with Crippen LogP contribution >= 0.6 is 0 Å². The van der Waals surface area contributed by atoms with E-state index >= 15 is 0 Å². The van der Waals surface area contributed by atoms with Crippen molar-refractivity contribution in [1.82, 2.24) is 4.90 Å². The molecule has 3 aromatic rings. The molecule has 0 aromatic heterocycles. The van der Waals surface area contributed by atoms with Gasteiger partial charge in [-0.1, -0.05) is 105 Å². The van der Waals surface area contributed by atoms with Crippen molar-refractivity contribution >= 4 is 28.7 Å². The number of allylic oxidation sites excluding steroid dienone is 2. The predicted octanol–water partition coefficient (Wildman–Crippen LogP) is 5.83. The van der Waals surface area contributed by atoms with Crippen molar-refractivity contribution in [2.45, 2.75) is 33.1 Å². The van der Waals surface area contributed by atoms with E-state index in [4.69, 9.17) is 0 Å². The number of hydrogen-bond acceptors (Lipinski definition) is 3. The summed E-state index contributed by atoms with van der Waals surface area (Å²) in [5, 5.41) is 0. The topological polar surface area (TPSA) is 54.5 Å². The summed E-state index contributed by atoms with van der Waals surface area (Å²) in [6.07, 6.45) is 1.58. The lowest BCUT2D eigenvalue weighted by atomic mass is 9.60. The Labute approximate surface area is 218 Å². The van der Waals surface area contributed by atoms with Crippen LogP contribution in [0.4, 0.5) is 0 Å². The van der Waals surface area contributed by atoms with E-state index in [2.05, 4.69) is 0 Å². The average Bonchev–Trinajstić information content (AvgIpc) is 3.44. The van der Waals surface area contributed by atoms with Crippen LogP contribution in [0.25, 0.3) is 11.1 Å². The highest BCUT2D eigenvalue weighted by Crippen LogP contribution is 2.75. The van der Waals surface area contributed by atoms with Crippen LogP contribution in [-0.4, -0.2) is 29.0 Å². The van der Waals surface area contributed by atoms with Crippen molar-refractivity contribution < 1.29 is 14.4 Å². The average molecular weight is 490 g/mol. The van der Waals surface area contributed by atoms with Crippen LogP contribution in [0.2, 0.25) is 0 Å². The number of benzene rings is 3. The smallest absolute Gasteiger partial charge is 0.234 e. The second-order valence-corrected chi connectivity index (χ2v) is 10.5. The highest BCUT2D eigenvalue weighted by Gasteiger charge is 2.80. The first-order chi connectivity index (χ1) is 18.0. The van der Waals surface area contributed by atoms with Gasteiger partial charge >= 0.3 is 0 Å². The van der Waals surface area contributed by atoms with Gasteiger partial charge in [-0.3, -0.25) is 19.3 Å². The van der Waals surface area contributed by atoms with Crippen LogP contribution in [-0.2, 0) is 20.8 Å². The van der Waals surface area contributed by atoms with E-state index in [1.165, 1.54) is 4.90 Å². The number of ketones is 1. The van der Waals surface area contributed by atoms with Crippen molar-refractivity contribution in [2.24, 2.45) is 22.7 Å². The van der Waals surface area contributed by atoms with Gasteiger partial charge in [0, 0.05) is 6.54 Å². The zero-order valence-electron chi connectivity index (χ0n) is 21.3. The number of amides is 2. The van der Waals surface area contributed by atoms with Crippen molar-refractivity contribution in [3.8, 4) is 0 Å². The Balaban J connectivity index is 1.55. The summed E-state index contributed by atoms with van der Waals surface area (Å²) in [6.45, 7) is 4.34. The molecular formula is C33H31NO3. The summed E-state index contributed by atoms with van der Waals surface area (Å²) in [5.74, 6) is -1.62. The molecule has 1 saturated carbocycles. The van der Waals surface area contributed by atoms with Crippen LogP contribution in [0.3, 0.4) is 0 Å². The Kier molecular flexibility index (Phi) is 5.52. The molecule has 186 valence electrons. The van der Waals surface area contributed by atoms with Crippen LogP contribution in [0, 0.1) is 22.7 Å². The van der Waals surface area contributed by atoms with Crippen molar-refractivity contribution in [1.29, 1.82) is 0 Å². The second kappa shape index (κ2) is 8.65. The van der Waals surface area contributed by atoms with Gasteiger partial charge in [-0.25, -0.2) is 0 Å². The molecule has 1 aliphatic heterocycles. The summed E-state index contributed by atoms with van der Waals surface area (Å²) in [5.41, 5.74) is 2.88. The van der Waals surface area contributed by atoms with Crippen LogP contribution < -0.4 is 0 Å². The molecule has 4 nitrogen and oxygen atoms in total. The van der Waals surface area contributed by atoms with Gasteiger partial charge in [0.1, 0.15) is 0 Å². The van der Waals surface area contributed by atoms with Gasteiger partial charge in [0.2, 0.25) is 11.8 Å². The summed E-state index contributed by atoms with van der Waals surface area (Å²) in [4.78, 5) is 44.4. The van der Waals surface area contributed by atoms with Gasteiger partial charge < -0.3 is 0 Å². The third-order valence-corrected chi connectivity index (χ3v) is 9.12. The van der Waals surface area contributed by atoms with Crippen molar-refractivity contribution in [3.05, 3.63) is 108 Å². The van der Waals surface area contributed by atoms with Crippen LogP contribution in [0.5, 0.6) is 0 Å². The minimum atomic E-state index is -1.01. The molecule has 0 unspecified atom stereocenters. The first-order valence-corrected chi connectivity index (χ1v) is 13.3. The number of fused-ring (bicyclic) bond motifs is 5. The lowest BCUT2D eigenvalue weighted by Crippen LogP contribution is -2.42. The molecule has 1 heterocycles. The number of carbonyl (C=O) groups excluding carboxylic acids is 3. The zero-order chi connectivity index (χ0) is 25.8. The number of rotatable bonds is 7. The summed E-state index contributed by atoms with van der Waals surface area (Å²) >= 11 is 0. The maximum absolute atomic E-state index is 14.7. The minimum Gasteiger partial charge on any atom is -0.298 e. The number of hydrogen-bond donors (Lipinski definition) is 0. The van der Waals surface area contributed by atoms with Crippen LogP contribution in [0.15, 0.2) is 91.0 Å². The molecule has 6 rings (SSSR count). The Morgan fingerprint density at radius 1 is 0.622 bits per heavy atom. The largest absolute Gasteiger partial charge is 0.298 e. The standard InChI is InChI=1S/C33H31NO3/c1-3-32-25(23-16-10-6-11-17-23)26(24-18-12-7-13-19-24)33(4-2,31(32)37)28-27(32)29(35)34(30(28)36)21-20-22-14-8-5-9-15-22/h5-19,27-28H,3-4,20-21H2,1-2H3/t27-,28-,32-,33+/m1/s1. The molecule has 2 aliphatic carbocycles. The Morgan fingerprint density at radius 2 is 1.03 bits per heavy atom. The zero-order valence-corrected chi connectivity index (χ0v) is 21.3. The van der Waals surface area contributed by atoms with Gasteiger partial charge in [-0.15, -0.1) is 0 Å². The fraction of sp³-hybridized carbons (Fsp3) is 0.303. The molecule has 0 spiro atoms. The molecule has 2 fully saturated rings. The van der Waals surface area contributed by atoms with Crippen molar-refractivity contribution in [2.75, 3.05) is 6.54 Å². The summed E-state index contributed by atoms with van der Waals surface area (Å²) in [7, 11) is 0. The van der Waals surface area contributed by atoms with E-state index < -0.39 is 22.7 Å². The number of Topliss-reactive ketones (excluding diaryl/α,β-unsaturated/α-hetero) is 1. The summed E-state index contributed by atoms with van der Waals surface area (Å²) < 4.78 is 0. The minimum absolute atomic E-state index is 0.0575. The molecule has 4 atom stereocenters. The normalized spacial score (nSPS) is 28.4. The Bertz CT molecular complexity index is 1330. The van der Waals surface area contributed by atoms with E-state index in [0.717, 1.165) is 27.8 Å². The van der Waals surface area contributed by atoms with Gasteiger partial charge in [-0.05, 0) is 47.1 Å². The maximum atomic E-state index is 14.7. The Morgan fingerprint density at radius 3 is 1.43 bits per heavy atom. The molecule has 3 aromatic carbocycles. The number of imide groups is 1. The second-order valence-electron chi connectivity index (χ2n) is 10.5. The molecule has 0 radical (unpaired) electrons. The lowest BCUT2D eigenvalue weighted by Gasteiger charge is -2.38. The fourth-order valence-corrected chi connectivity index (χ4v) is 7.62. The number of carbonyl (C=O) groups is 3.